The van der Waals surface area contributed by atoms with Crippen LogP contribution >= 0.6 is 40.3 Å². The van der Waals surface area contributed by atoms with E-state index in [4.69, 9.17) is 4.52 Å². The van der Waals surface area contributed by atoms with E-state index in [1.165, 1.54) is 0 Å². The molecule has 4 unspecified atom stereocenters. The van der Waals surface area contributed by atoms with Gasteiger partial charge in [0.15, 0.2) is 0 Å². The van der Waals surface area contributed by atoms with Gasteiger partial charge in [0.1, 0.15) is 0 Å². The Balaban J connectivity index is 2.36. The van der Waals surface area contributed by atoms with Crippen molar-refractivity contribution in [3.8, 4) is 0 Å². The van der Waals surface area contributed by atoms with Gasteiger partial charge in [-0.25, -0.2) is 0 Å². The fourth-order valence-electron chi connectivity index (χ4n) is 0.622. The summed E-state index contributed by atoms with van der Waals surface area (Å²) in [5, 5.41) is 0. The standard InChI is InChI=1S/C3H7IOP4Se3/c1-3(2)5-7-9-10-6(4)8(11-7)12-9/h3H,1-2H3. The molecular weight excluding hydrogens is 540 g/mol. The van der Waals surface area contributed by atoms with Crippen molar-refractivity contribution in [3.05, 3.63) is 0 Å². The van der Waals surface area contributed by atoms with Gasteiger partial charge >= 0.3 is 106 Å². The summed E-state index contributed by atoms with van der Waals surface area (Å²) in [6.45, 7) is 4.42. The molecule has 0 saturated carbocycles. The second kappa shape index (κ2) is 5.19. The van der Waals surface area contributed by atoms with Crippen LogP contribution in [0.2, 0.25) is 0 Å². The molecule has 70 valence electrons. The van der Waals surface area contributed by atoms with Crippen molar-refractivity contribution in [2.24, 2.45) is 0 Å². The van der Waals surface area contributed by atoms with E-state index in [1.807, 2.05) is 0 Å². The molecule has 0 spiro atoms. The van der Waals surface area contributed by atoms with Crippen molar-refractivity contribution >= 4 is 81.1 Å². The molecule has 0 aliphatic carbocycles. The first kappa shape index (κ1) is 11.9. The zero-order valence-corrected chi connectivity index (χ0v) is 17.3. The van der Waals surface area contributed by atoms with Crippen LogP contribution in [0.25, 0.3) is 0 Å². The molecule has 2 heterocycles. The average Bonchev–Trinajstić information content (AvgIpc) is 2.44. The van der Waals surface area contributed by atoms with Gasteiger partial charge in [0.2, 0.25) is 0 Å². The number of hydrogen-bond acceptors (Lipinski definition) is 1. The molecular formula is C3H7IOP4Se3. The van der Waals surface area contributed by atoms with Crippen LogP contribution in [-0.4, -0.2) is 46.9 Å². The molecule has 2 bridgehead atoms. The Morgan fingerprint density at radius 2 is 1.92 bits per heavy atom. The van der Waals surface area contributed by atoms with Crippen molar-refractivity contribution in [3.63, 3.8) is 0 Å². The second-order valence-electron chi connectivity index (χ2n) is 2.34. The molecule has 0 amide bonds. The summed E-state index contributed by atoms with van der Waals surface area (Å²) in [6, 6.07) is 0. The maximum atomic E-state index is 6.07. The number of fused-ring (bicyclic) bond motifs is 2. The predicted molar refractivity (Wildman–Crippen MR) is 75.3 cm³/mol. The summed E-state index contributed by atoms with van der Waals surface area (Å²) in [4.78, 5) is 0. The van der Waals surface area contributed by atoms with Crippen molar-refractivity contribution in [2.75, 3.05) is 0 Å². The van der Waals surface area contributed by atoms with Crippen molar-refractivity contribution < 1.29 is 4.52 Å². The van der Waals surface area contributed by atoms with E-state index >= 15 is 0 Å². The summed E-state index contributed by atoms with van der Waals surface area (Å²) in [6.07, 6.45) is 0.715. The Bertz CT molecular complexity index is 391. The van der Waals surface area contributed by atoms with Crippen LogP contribution in [0.3, 0.4) is 0 Å². The summed E-state index contributed by atoms with van der Waals surface area (Å²) in [5.74, 6) is 0. The van der Waals surface area contributed by atoms with E-state index in [-0.39, 0.29) is 6.10 Å². The molecule has 12 heavy (non-hydrogen) atoms. The van der Waals surface area contributed by atoms with Crippen LogP contribution in [0.15, 0.2) is 0 Å². The third kappa shape index (κ3) is 2.77. The average molecular weight is 547 g/mol. The molecule has 0 N–H and O–H groups in total. The van der Waals surface area contributed by atoms with E-state index in [0.717, 1.165) is 40.8 Å². The Morgan fingerprint density at radius 3 is 2.33 bits per heavy atom. The monoisotopic (exact) mass is 550 g/mol. The van der Waals surface area contributed by atoms with E-state index in [1.54, 1.807) is 0 Å². The van der Waals surface area contributed by atoms with E-state index in [9.17, 15) is 0 Å². The first-order valence-corrected chi connectivity index (χ1v) is 26.0. The van der Waals surface area contributed by atoms with Gasteiger partial charge in [-0.3, -0.25) is 0 Å². The minimum absolute atomic E-state index is 0.198. The van der Waals surface area contributed by atoms with Crippen molar-refractivity contribution in [1.29, 1.82) is 0 Å². The zero-order valence-electron chi connectivity index (χ0n) is 6.38. The van der Waals surface area contributed by atoms with Crippen LogP contribution < -0.4 is 4.52 Å². The Hall–Kier alpha value is 3.45. The Labute approximate surface area is 104 Å². The molecule has 9 heteroatoms. The number of hydrogen-bond donors (Lipinski definition) is 0. The van der Waals surface area contributed by atoms with E-state index < -0.39 is 0 Å². The molecule has 1 nitrogen and oxygen atoms in total. The molecule has 0 aliphatic heterocycles. The Morgan fingerprint density at radius 1 is 1.17 bits per heavy atom. The minimum atomic E-state index is 0.198. The van der Waals surface area contributed by atoms with Crippen LogP contribution in [-0.2, 0) is 0 Å². The first-order chi connectivity index (χ1) is 5.66. The molecule has 2 rings (SSSR count). The fourth-order valence-corrected chi connectivity index (χ4v) is 264. The van der Waals surface area contributed by atoms with Gasteiger partial charge < -0.3 is 0 Å². The van der Waals surface area contributed by atoms with Crippen LogP contribution in [0.1, 0.15) is 13.8 Å². The molecule has 2 aromatic rings. The molecule has 0 radical (unpaired) electrons. The van der Waals surface area contributed by atoms with Crippen molar-refractivity contribution in [2.45, 2.75) is 20.0 Å². The Kier molecular flexibility index (Phi) is 5.15. The van der Waals surface area contributed by atoms with Gasteiger partial charge in [-0.2, -0.15) is 0 Å². The van der Waals surface area contributed by atoms with E-state index in [2.05, 4.69) is 35.9 Å². The third-order valence-electron chi connectivity index (χ3n) is 0.979. The van der Waals surface area contributed by atoms with Crippen LogP contribution in [0.4, 0.5) is 0 Å². The number of halogens is 1. The SMILES string of the molecule is CC(C)Op1[se]p2[se]p1[se]p2I. The normalized spacial score (nSPS) is 18.0. The molecule has 0 saturated heterocycles. The quantitative estimate of drug-likeness (QED) is 0.412. The molecule has 0 aliphatic rings. The maximum absolute atomic E-state index is 6.07. The van der Waals surface area contributed by atoms with Gasteiger partial charge in [0.05, 0.1) is 0 Å². The van der Waals surface area contributed by atoms with Gasteiger partial charge in [0, 0.05) is 0 Å². The molecule has 0 aromatic carbocycles. The first-order valence-electron chi connectivity index (χ1n) is 3.24. The van der Waals surface area contributed by atoms with Gasteiger partial charge in [-0.1, -0.05) is 0 Å². The summed E-state index contributed by atoms with van der Waals surface area (Å²) in [7, 11) is 0. The molecule has 4 atom stereocenters. The molecule has 0 fully saturated rings. The predicted octanol–water partition coefficient (Wildman–Crippen LogP) is 3.71. The van der Waals surface area contributed by atoms with E-state index in [0.29, 0.717) is 18.3 Å². The second-order valence-corrected chi connectivity index (χ2v) is 61.5. The summed E-state index contributed by atoms with van der Waals surface area (Å²) < 4.78 is 7.84. The van der Waals surface area contributed by atoms with Crippen molar-refractivity contribution in [1.82, 2.24) is 0 Å². The molecule has 2 aromatic heterocycles. The third-order valence-corrected chi connectivity index (χ3v) is 131. The van der Waals surface area contributed by atoms with Crippen LogP contribution in [0.5, 0.6) is 0 Å². The fraction of sp³-hybridized carbons (Fsp3) is 1.00. The zero-order chi connectivity index (χ0) is 8.72. The summed E-state index contributed by atoms with van der Waals surface area (Å²) in [5.41, 5.74) is 0. The van der Waals surface area contributed by atoms with Crippen LogP contribution in [0, 0.1) is 0 Å². The van der Waals surface area contributed by atoms with Gasteiger partial charge in [-0.05, 0) is 0 Å². The summed E-state index contributed by atoms with van der Waals surface area (Å²) >= 11 is 6.03. The van der Waals surface area contributed by atoms with Gasteiger partial charge in [-0.15, -0.1) is 0 Å². The van der Waals surface area contributed by atoms with Gasteiger partial charge in [0.25, 0.3) is 0 Å². The number of rotatable bonds is 2. The topological polar surface area (TPSA) is 9.23 Å².